The summed E-state index contributed by atoms with van der Waals surface area (Å²) in [5.74, 6) is -0.719. The Hall–Kier alpha value is -1.93. The standard InChI is InChI=1S/C13H14F4N4O/c14-12(11(22)20-8-1-2-8)3-4-21(6-12)10-5-9(13(15,16)17)18-7-19-10/h5,7-8H,1-4,6H2,(H,20,22). The number of hydrogen-bond acceptors (Lipinski definition) is 4. The molecule has 1 atom stereocenters. The fraction of sp³-hybridized carbons (Fsp3) is 0.615. The number of hydrogen-bond donors (Lipinski definition) is 1. The summed E-state index contributed by atoms with van der Waals surface area (Å²) in [6.45, 7) is -0.178. The molecule has 0 spiro atoms. The fourth-order valence-corrected chi connectivity index (χ4v) is 2.37. The van der Waals surface area contributed by atoms with E-state index in [1.807, 2.05) is 0 Å². The van der Waals surface area contributed by atoms with Crippen LogP contribution in [0.3, 0.4) is 0 Å². The highest BCUT2D eigenvalue weighted by Crippen LogP contribution is 2.33. The van der Waals surface area contributed by atoms with E-state index in [0.717, 1.165) is 25.2 Å². The quantitative estimate of drug-likeness (QED) is 0.862. The van der Waals surface area contributed by atoms with Crippen molar-refractivity contribution in [2.75, 3.05) is 18.0 Å². The summed E-state index contributed by atoms with van der Waals surface area (Å²) in [4.78, 5) is 20.1. The minimum atomic E-state index is -4.59. The molecule has 22 heavy (non-hydrogen) atoms. The molecule has 9 heteroatoms. The third-order valence-corrected chi connectivity index (χ3v) is 3.81. The number of carbonyl (C=O) groups excluding carboxylic acids is 1. The van der Waals surface area contributed by atoms with Crippen LogP contribution in [0, 0.1) is 0 Å². The van der Waals surface area contributed by atoms with Crippen LogP contribution in [0.1, 0.15) is 25.0 Å². The predicted octanol–water partition coefficient (Wildman–Crippen LogP) is 1.69. The molecule has 1 unspecified atom stereocenters. The number of halogens is 4. The van der Waals surface area contributed by atoms with E-state index in [1.165, 1.54) is 4.90 Å². The number of carbonyl (C=O) groups is 1. The van der Waals surface area contributed by atoms with E-state index in [2.05, 4.69) is 15.3 Å². The van der Waals surface area contributed by atoms with Gasteiger partial charge in [0.05, 0.1) is 6.54 Å². The molecule has 1 aliphatic heterocycles. The second-order valence-electron chi connectivity index (χ2n) is 5.64. The molecule has 1 saturated carbocycles. The first kappa shape index (κ1) is 15.0. The van der Waals surface area contributed by atoms with Crippen LogP contribution < -0.4 is 10.2 Å². The Morgan fingerprint density at radius 1 is 1.36 bits per heavy atom. The van der Waals surface area contributed by atoms with E-state index in [4.69, 9.17) is 0 Å². The van der Waals surface area contributed by atoms with Crippen molar-refractivity contribution in [3.63, 3.8) is 0 Å². The number of alkyl halides is 4. The number of rotatable bonds is 3. The molecule has 1 amide bonds. The summed E-state index contributed by atoms with van der Waals surface area (Å²) in [6, 6.07) is 0.801. The van der Waals surface area contributed by atoms with Crippen molar-refractivity contribution in [3.05, 3.63) is 18.1 Å². The average molecular weight is 318 g/mol. The topological polar surface area (TPSA) is 58.1 Å². The number of nitrogens with one attached hydrogen (secondary N) is 1. The van der Waals surface area contributed by atoms with Crippen molar-refractivity contribution >= 4 is 11.7 Å². The first-order chi connectivity index (χ1) is 10.3. The van der Waals surface area contributed by atoms with Crippen molar-refractivity contribution < 1.29 is 22.4 Å². The zero-order valence-corrected chi connectivity index (χ0v) is 11.5. The molecule has 0 bridgehead atoms. The van der Waals surface area contributed by atoms with Crippen LogP contribution in [-0.2, 0) is 11.0 Å². The van der Waals surface area contributed by atoms with Gasteiger partial charge in [-0.25, -0.2) is 14.4 Å². The lowest BCUT2D eigenvalue weighted by Gasteiger charge is -2.21. The molecule has 5 nitrogen and oxygen atoms in total. The molecule has 2 aliphatic rings. The Morgan fingerprint density at radius 2 is 2.09 bits per heavy atom. The van der Waals surface area contributed by atoms with Gasteiger partial charge >= 0.3 is 6.18 Å². The zero-order valence-electron chi connectivity index (χ0n) is 11.5. The molecule has 1 N–H and O–H groups in total. The van der Waals surface area contributed by atoms with Crippen LogP contribution in [0.25, 0.3) is 0 Å². The van der Waals surface area contributed by atoms with E-state index in [1.54, 1.807) is 0 Å². The molecule has 0 aromatic carbocycles. The number of aromatic nitrogens is 2. The Balaban J connectivity index is 1.73. The summed E-state index contributed by atoms with van der Waals surface area (Å²) in [5, 5.41) is 2.59. The van der Waals surface area contributed by atoms with Gasteiger partial charge in [0.2, 0.25) is 5.67 Å². The number of anilines is 1. The maximum atomic E-state index is 14.6. The first-order valence-corrected chi connectivity index (χ1v) is 6.92. The van der Waals surface area contributed by atoms with Gasteiger partial charge in [0, 0.05) is 25.1 Å². The predicted molar refractivity (Wildman–Crippen MR) is 68.9 cm³/mol. The van der Waals surface area contributed by atoms with Crippen molar-refractivity contribution in [3.8, 4) is 0 Å². The molecule has 3 rings (SSSR count). The third kappa shape index (κ3) is 2.97. The maximum absolute atomic E-state index is 14.6. The highest BCUT2D eigenvalue weighted by atomic mass is 19.4. The molecule has 1 saturated heterocycles. The number of amides is 1. The van der Waals surface area contributed by atoms with Gasteiger partial charge in [-0.2, -0.15) is 13.2 Å². The molecule has 0 radical (unpaired) electrons. The van der Waals surface area contributed by atoms with Crippen molar-refractivity contribution in [2.45, 2.75) is 37.1 Å². The molecule has 1 aliphatic carbocycles. The van der Waals surface area contributed by atoms with Crippen LogP contribution in [0.2, 0.25) is 0 Å². The van der Waals surface area contributed by atoms with Crippen LogP contribution in [0.4, 0.5) is 23.4 Å². The minimum Gasteiger partial charge on any atom is -0.353 e. The van der Waals surface area contributed by atoms with Crippen molar-refractivity contribution in [1.82, 2.24) is 15.3 Å². The lowest BCUT2D eigenvalue weighted by atomic mass is 10.1. The largest absolute Gasteiger partial charge is 0.433 e. The average Bonchev–Trinajstić information content (AvgIpc) is 3.18. The van der Waals surface area contributed by atoms with E-state index >= 15 is 0 Å². The highest BCUT2D eigenvalue weighted by molar-refractivity contribution is 5.87. The smallest absolute Gasteiger partial charge is 0.353 e. The second kappa shape index (κ2) is 5.06. The summed E-state index contributed by atoms with van der Waals surface area (Å²) in [6.07, 6.45) is -2.19. The van der Waals surface area contributed by atoms with E-state index in [0.29, 0.717) is 0 Å². The Bertz CT molecular complexity index is 590. The van der Waals surface area contributed by atoms with Gasteiger partial charge in [0.25, 0.3) is 5.91 Å². The van der Waals surface area contributed by atoms with Crippen LogP contribution in [-0.4, -0.2) is 40.7 Å². The molecule has 120 valence electrons. The molecule has 1 aromatic heterocycles. The minimum absolute atomic E-state index is 0.0268. The molecule has 2 heterocycles. The van der Waals surface area contributed by atoms with Crippen molar-refractivity contribution in [1.29, 1.82) is 0 Å². The van der Waals surface area contributed by atoms with Crippen LogP contribution >= 0.6 is 0 Å². The Labute approximate surface area is 123 Å². The molecule has 2 fully saturated rings. The zero-order chi connectivity index (χ0) is 16.0. The molecule has 1 aromatic rings. The van der Waals surface area contributed by atoms with Crippen LogP contribution in [0.5, 0.6) is 0 Å². The van der Waals surface area contributed by atoms with Gasteiger partial charge in [-0.1, -0.05) is 0 Å². The second-order valence-corrected chi connectivity index (χ2v) is 5.64. The van der Waals surface area contributed by atoms with Gasteiger partial charge in [-0.05, 0) is 12.8 Å². The van der Waals surface area contributed by atoms with Crippen LogP contribution in [0.15, 0.2) is 12.4 Å². The molecular formula is C13H14F4N4O. The normalized spacial score (nSPS) is 25.4. The molecular weight excluding hydrogens is 304 g/mol. The van der Waals surface area contributed by atoms with Gasteiger partial charge in [-0.15, -0.1) is 0 Å². The SMILES string of the molecule is O=C(NC1CC1)C1(F)CCN(c2cc(C(F)(F)F)ncn2)C1. The lowest BCUT2D eigenvalue weighted by Crippen LogP contribution is -2.46. The number of nitrogens with zero attached hydrogens (tertiary/aromatic N) is 3. The monoisotopic (exact) mass is 318 g/mol. The third-order valence-electron chi connectivity index (χ3n) is 3.81. The van der Waals surface area contributed by atoms with E-state index in [9.17, 15) is 22.4 Å². The highest BCUT2D eigenvalue weighted by Gasteiger charge is 2.47. The van der Waals surface area contributed by atoms with Gasteiger partial charge in [-0.3, -0.25) is 4.79 Å². The maximum Gasteiger partial charge on any atom is 0.433 e. The van der Waals surface area contributed by atoms with Gasteiger partial charge < -0.3 is 10.2 Å². The van der Waals surface area contributed by atoms with Gasteiger partial charge in [0.1, 0.15) is 17.8 Å². The Kier molecular flexibility index (Phi) is 3.45. The summed E-state index contributed by atoms with van der Waals surface area (Å²) >= 11 is 0. The first-order valence-electron chi connectivity index (χ1n) is 6.92. The summed E-state index contributed by atoms with van der Waals surface area (Å²) in [5.41, 5.74) is -3.18. The van der Waals surface area contributed by atoms with Crippen molar-refractivity contribution in [2.24, 2.45) is 0 Å². The lowest BCUT2D eigenvalue weighted by molar-refractivity contribution is -0.141. The Morgan fingerprint density at radius 3 is 2.73 bits per heavy atom. The summed E-state index contributed by atoms with van der Waals surface area (Å²) in [7, 11) is 0. The van der Waals surface area contributed by atoms with E-state index < -0.39 is 23.4 Å². The van der Waals surface area contributed by atoms with E-state index in [-0.39, 0.29) is 31.4 Å². The van der Waals surface area contributed by atoms with Gasteiger partial charge in [0.15, 0.2) is 0 Å². The summed E-state index contributed by atoms with van der Waals surface area (Å²) < 4.78 is 52.6. The fourth-order valence-electron chi connectivity index (χ4n) is 2.37.